The van der Waals surface area contributed by atoms with Crippen molar-refractivity contribution in [3.05, 3.63) is 35.4 Å². The monoisotopic (exact) mass is 343 g/mol. The number of nitrogens with zero attached hydrogens (tertiary/aromatic N) is 1. The highest BCUT2D eigenvalue weighted by Gasteiger charge is 2.30. The Morgan fingerprint density at radius 2 is 1.75 bits per heavy atom. The smallest absolute Gasteiger partial charge is 0.343 e. The lowest BCUT2D eigenvalue weighted by Gasteiger charge is -2.31. The minimum atomic E-state index is -4.44. The Labute approximate surface area is 138 Å². The minimum absolute atomic E-state index is 0.0877. The minimum Gasteiger partial charge on any atom is -0.343 e. The number of rotatable bonds is 4. The molecule has 1 aromatic rings. The third-order valence-electron chi connectivity index (χ3n) is 4.13. The SMILES string of the molecule is CNC1CCN(C(=O)CNC(=O)c2ccc(C(F)(F)F)cc2)CC1. The lowest BCUT2D eigenvalue weighted by Crippen LogP contribution is -2.47. The molecular formula is C16H20F3N3O2. The van der Waals surface area contributed by atoms with Crippen LogP contribution in [-0.4, -0.2) is 49.4 Å². The van der Waals surface area contributed by atoms with E-state index in [0.717, 1.165) is 37.1 Å². The summed E-state index contributed by atoms with van der Waals surface area (Å²) in [7, 11) is 1.88. The van der Waals surface area contributed by atoms with Crippen LogP contribution in [0.15, 0.2) is 24.3 Å². The fourth-order valence-electron chi connectivity index (χ4n) is 2.60. The number of alkyl halides is 3. The Morgan fingerprint density at radius 1 is 1.17 bits per heavy atom. The molecule has 1 aliphatic heterocycles. The average Bonchev–Trinajstić information content (AvgIpc) is 2.58. The molecule has 0 spiro atoms. The molecule has 1 aromatic carbocycles. The number of likely N-dealkylation sites (tertiary alicyclic amines) is 1. The number of carbonyl (C=O) groups excluding carboxylic acids is 2. The van der Waals surface area contributed by atoms with Gasteiger partial charge in [-0.3, -0.25) is 9.59 Å². The molecule has 0 unspecified atom stereocenters. The van der Waals surface area contributed by atoms with Crippen molar-refractivity contribution in [3.8, 4) is 0 Å². The van der Waals surface area contributed by atoms with E-state index in [2.05, 4.69) is 10.6 Å². The van der Waals surface area contributed by atoms with Gasteiger partial charge in [0.15, 0.2) is 0 Å². The van der Waals surface area contributed by atoms with Crippen molar-refractivity contribution in [2.24, 2.45) is 0 Å². The number of benzene rings is 1. The first-order chi connectivity index (χ1) is 11.3. The molecular weight excluding hydrogens is 323 g/mol. The molecule has 2 N–H and O–H groups in total. The van der Waals surface area contributed by atoms with Gasteiger partial charge < -0.3 is 15.5 Å². The van der Waals surface area contributed by atoms with Gasteiger partial charge in [0.05, 0.1) is 12.1 Å². The molecule has 1 fully saturated rings. The first kappa shape index (κ1) is 18.3. The third-order valence-corrected chi connectivity index (χ3v) is 4.13. The predicted octanol–water partition coefficient (Wildman–Crippen LogP) is 1.65. The number of hydrogen-bond acceptors (Lipinski definition) is 3. The zero-order valence-corrected chi connectivity index (χ0v) is 13.3. The van der Waals surface area contributed by atoms with Crippen LogP contribution in [-0.2, 0) is 11.0 Å². The van der Waals surface area contributed by atoms with Crippen LogP contribution in [0.5, 0.6) is 0 Å². The van der Waals surface area contributed by atoms with Crippen molar-refractivity contribution in [2.45, 2.75) is 25.1 Å². The fourth-order valence-corrected chi connectivity index (χ4v) is 2.60. The standard InChI is InChI=1S/C16H20F3N3O2/c1-20-13-6-8-22(9-7-13)14(23)10-21-15(24)11-2-4-12(5-3-11)16(17,18)19/h2-5,13,20H,6-10H2,1H3,(H,21,24). The fraction of sp³-hybridized carbons (Fsp3) is 0.500. The molecule has 2 rings (SSSR count). The zero-order chi connectivity index (χ0) is 17.7. The molecule has 0 atom stereocenters. The molecule has 0 bridgehead atoms. The maximum Gasteiger partial charge on any atom is 0.416 e. The molecule has 0 aliphatic carbocycles. The van der Waals surface area contributed by atoms with Crippen LogP contribution in [0.25, 0.3) is 0 Å². The van der Waals surface area contributed by atoms with Crippen molar-refractivity contribution in [1.29, 1.82) is 0 Å². The lowest BCUT2D eigenvalue weighted by molar-refractivity contribution is -0.137. The van der Waals surface area contributed by atoms with Gasteiger partial charge >= 0.3 is 6.18 Å². The van der Waals surface area contributed by atoms with Crippen LogP contribution < -0.4 is 10.6 Å². The Morgan fingerprint density at radius 3 is 2.25 bits per heavy atom. The molecule has 2 amide bonds. The Hall–Kier alpha value is -2.09. The van der Waals surface area contributed by atoms with E-state index in [1.807, 2.05) is 7.05 Å². The van der Waals surface area contributed by atoms with Crippen molar-refractivity contribution in [2.75, 3.05) is 26.7 Å². The van der Waals surface area contributed by atoms with Gasteiger partial charge in [0, 0.05) is 24.7 Å². The second-order valence-electron chi connectivity index (χ2n) is 5.70. The van der Waals surface area contributed by atoms with E-state index in [1.54, 1.807) is 4.90 Å². The van der Waals surface area contributed by atoms with Gasteiger partial charge in [0.1, 0.15) is 0 Å². The summed E-state index contributed by atoms with van der Waals surface area (Å²) in [6, 6.07) is 4.29. The first-order valence-corrected chi connectivity index (χ1v) is 7.71. The van der Waals surface area contributed by atoms with E-state index in [4.69, 9.17) is 0 Å². The van der Waals surface area contributed by atoms with Crippen molar-refractivity contribution in [1.82, 2.24) is 15.5 Å². The molecule has 132 valence electrons. The molecule has 0 saturated carbocycles. The highest BCUT2D eigenvalue weighted by Crippen LogP contribution is 2.29. The number of halogens is 3. The van der Waals surface area contributed by atoms with E-state index in [1.165, 1.54) is 0 Å². The van der Waals surface area contributed by atoms with Gasteiger partial charge in [-0.2, -0.15) is 13.2 Å². The van der Waals surface area contributed by atoms with Crippen LogP contribution in [0.3, 0.4) is 0 Å². The second-order valence-corrected chi connectivity index (χ2v) is 5.70. The van der Waals surface area contributed by atoms with Crippen LogP contribution in [0.2, 0.25) is 0 Å². The van der Waals surface area contributed by atoms with Crippen molar-refractivity contribution in [3.63, 3.8) is 0 Å². The van der Waals surface area contributed by atoms with E-state index >= 15 is 0 Å². The first-order valence-electron chi connectivity index (χ1n) is 7.71. The van der Waals surface area contributed by atoms with Gasteiger partial charge in [0.25, 0.3) is 5.91 Å². The molecule has 0 radical (unpaired) electrons. The van der Waals surface area contributed by atoms with Crippen molar-refractivity contribution < 1.29 is 22.8 Å². The van der Waals surface area contributed by atoms with Gasteiger partial charge in [0.2, 0.25) is 5.91 Å². The molecule has 5 nitrogen and oxygen atoms in total. The number of nitrogens with one attached hydrogen (secondary N) is 2. The summed E-state index contributed by atoms with van der Waals surface area (Å²) in [6.07, 6.45) is -2.73. The van der Waals surface area contributed by atoms with Crippen LogP contribution in [0.4, 0.5) is 13.2 Å². The van der Waals surface area contributed by atoms with Crippen LogP contribution >= 0.6 is 0 Å². The highest BCUT2D eigenvalue weighted by molar-refractivity contribution is 5.96. The van der Waals surface area contributed by atoms with Gasteiger partial charge in [-0.25, -0.2) is 0 Å². The Kier molecular flexibility index (Phi) is 5.82. The summed E-state index contributed by atoms with van der Waals surface area (Å²) < 4.78 is 37.4. The average molecular weight is 343 g/mol. The zero-order valence-electron chi connectivity index (χ0n) is 13.3. The summed E-state index contributed by atoms with van der Waals surface area (Å²) in [5.74, 6) is -0.757. The molecule has 1 saturated heterocycles. The molecule has 0 aromatic heterocycles. The number of carbonyl (C=O) groups is 2. The van der Waals surface area contributed by atoms with Crippen LogP contribution in [0, 0.1) is 0 Å². The summed E-state index contributed by atoms with van der Waals surface area (Å²) in [4.78, 5) is 25.7. The summed E-state index contributed by atoms with van der Waals surface area (Å²) in [5.41, 5.74) is -0.729. The second kappa shape index (κ2) is 7.65. The van der Waals surface area contributed by atoms with E-state index in [-0.39, 0.29) is 18.0 Å². The highest BCUT2D eigenvalue weighted by atomic mass is 19.4. The van der Waals surface area contributed by atoms with E-state index in [9.17, 15) is 22.8 Å². The topological polar surface area (TPSA) is 61.4 Å². The Balaban J connectivity index is 1.83. The predicted molar refractivity (Wildman–Crippen MR) is 82.4 cm³/mol. The largest absolute Gasteiger partial charge is 0.416 e. The maximum absolute atomic E-state index is 12.5. The normalized spacial score (nSPS) is 16.1. The van der Waals surface area contributed by atoms with Gasteiger partial charge in [-0.05, 0) is 44.2 Å². The maximum atomic E-state index is 12.5. The summed E-state index contributed by atoms with van der Waals surface area (Å²) >= 11 is 0. The summed E-state index contributed by atoms with van der Waals surface area (Å²) in [5, 5.41) is 5.61. The van der Waals surface area contributed by atoms with E-state index in [0.29, 0.717) is 19.1 Å². The molecule has 1 aliphatic rings. The van der Waals surface area contributed by atoms with Crippen molar-refractivity contribution >= 4 is 11.8 Å². The van der Waals surface area contributed by atoms with Gasteiger partial charge in [-0.15, -0.1) is 0 Å². The van der Waals surface area contributed by atoms with Gasteiger partial charge in [-0.1, -0.05) is 0 Å². The third kappa shape index (κ3) is 4.70. The molecule has 24 heavy (non-hydrogen) atoms. The number of piperidine rings is 1. The number of hydrogen-bond donors (Lipinski definition) is 2. The number of amides is 2. The lowest BCUT2D eigenvalue weighted by atomic mass is 10.1. The quantitative estimate of drug-likeness (QED) is 0.874. The Bertz CT molecular complexity index is 579. The van der Waals surface area contributed by atoms with E-state index < -0.39 is 17.6 Å². The summed E-state index contributed by atoms with van der Waals surface area (Å²) in [6.45, 7) is 1.09. The molecule has 8 heteroatoms. The molecule has 1 heterocycles. The van der Waals surface area contributed by atoms with Crippen LogP contribution in [0.1, 0.15) is 28.8 Å².